The minimum absolute atomic E-state index is 0.162. The molecule has 0 amide bonds. The van der Waals surface area contributed by atoms with Crippen molar-refractivity contribution in [2.45, 2.75) is 207 Å². The number of carbonyl (C=O) groups excluding carboxylic acids is 5. The van der Waals surface area contributed by atoms with Crippen LogP contribution in [0.3, 0.4) is 0 Å². The van der Waals surface area contributed by atoms with Crippen molar-refractivity contribution < 1.29 is 102 Å². The summed E-state index contributed by atoms with van der Waals surface area (Å²) in [6.07, 6.45) is -16.3. The normalized spacial score (nSPS) is 46.2. The molecule has 5 aliphatic carbocycles. The molecule has 2 heterocycles. The number of hydrogen-bond acceptors (Lipinski definition) is 21. The third-order valence-corrected chi connectivity index (χ3v) is 20.2. The second-order valence-electron chi connectivity index (χ2n) is 24.3. The predicted molar refractivity (Wildman–Crippen MR) is 264 cm³/mol. The molecular formula is C55H84O21. The first-order valence-electron chi connectivity index (χ1n) is 26.8. The lowest BCUT2D eigenvalue weighted by atomic mass is 9.32. The van der Waals surface area contributed by atoms with Crippen molar-refractivity contribution in [3.63, 3.8) is 0 Å². The van der Waals surface area contributed by atoms with Gasteiger partial charge in [0.2, 0.25) is 0 Å². The summed E-state index contributed by atoms with van der Waals surface area (Å²) in [7, 11) is 2.32. The Kier molecular flexibility index (Phi) is 17.2. The smallest absolute Gasteiger partial charge is 0.337 e. The highest BCUT2D eigenvalue weighted by Crippen LogP contribution is 2.76. The first-order valence-corrected chi connectivity index (χ1v) is 26.8. The summed E-state index contributed by atoms with van der Waals surface area (Å²) in [6.45, 7) is 18.6. The number of fused-ring (bicyclic) bond motifs is 7. The van der Waals surface area contributed by atoms with E-state index in [-0.39, 0.29) is 18.8 Å². The number of aliphatic hydroxyl groups is 7. The molecule has 0 spiro atoms. The quantitative estimate of drug-likeness (QED) is 0.0458. The van der Waals surface area contributed by atoms with Gasteiger partial charge in [0.15, 0.2) is 24.8 Å². The lowest BCUT2D eigenvalue weighted by Crippen LogP contribution is -2.77. The molecule has 6 fully saturated rings. The fourth-order valence-electron chi connectivity index (χ4n) is 15.4. The standard InChI is InChI=1S/C55H84O21/c1-14-25(3)44(64)75-42-43(76-45(65)26(4)15-2)55(24-56)29(22-50(42,6)7)28-16-17-31-51(8)20-19-33(53(10,49(67)69-13)32(51)18-21-52(31,9)54(28,11)40(63)41(55)71-27(5)57)72-48-37(62)38(36(61)39(74-48)46(66)68-12)73-47-35(60)34(59)30(58)23-70-47/h14,16,26,29-43,47-48,56,58-63H,15,17-24H2,1-13H3/b25-14-/t26-,29+,30+,31+,32+,33-,34-,35+,36-,37+,38-,39-,40-,41+,42-,43-,47-,48+,51+,52+,53+,54+,55+/m1/s1. The maximum absolute atomic E-state index is 14.6. The molecule has 0 aromatic heterocycles. The van der Waals surface area contributed by atoms with Crippen LogP contribution in [0.25, 0.3) is 0 Å². The summed E-state index contributed by atoms with van der Waals surface area (Å²) in [6, 6.07) is 0. The van der Waals surface area contributed by atoms with Crippen LogP contribution in [0.1, 0.15) is 121 Å². The molecule has 0 aromatic carbocycles. The largest absolute Gasteiger partial charge is 0.469 e. The monoisotopic (exact) mass is 1080 g/mol. The van der Waals surface area contributed by atoms with Crippen molar-refractivity contribution in [1.29, 1.82) is 0 Å². The number of allylic oxidation sites excluding steroid dienone is 2. The van der Waals surface area contributed by atoms with Crippen LogP contribution in [0.4, 0.5) is 0 Å². The van der Waals surface area contributed by atoms with Crippen molar-refractivity contribution >= 4 is 29.8 Å². The van der Waals surface area contributed by atoms with Crippen LogP contribution in [0.5, 0.6) is 0 Å². The number of hydrogen-bond donors (Lipinski definition) is 7. The first-order chi connectivity index (χ1) is 35.5. The molecule has 76 heavy (non-hydrogen) atoms. The average Bonchev–Trinajstić information content (AvgIpc) is 3.38. The number of methoxy groups -OCH3 is 2. The van der Waals surface area contributed by atoms with Crippen LogP contribution in [0.15, 0.2) is 23.3 Å². The summed E-state index contributed by atoms with van der Waals surface area (Å²) in [5.74, 6) is -5.80. The Balaban J connectivity index is 1.29. The summed E-state index contributed by atoms with van der Waals surface area (Å²) in [5.41, 5.74) is -5.77. The third-order valence-electron chi connectivity index (χ3n) is 20.2. The summed E-state index contributed by atoms with van der Waals surface area (Å²) in [5, 5.41) is 79.8. The van der Waals surface area contributed by atoms with Gasteiger partial charge in [-0.2, -0.15) is 0 Å². The zero-order valence-electron chi connectivity index (χ0n) is 46.3. The Morgan fingerprint density at radius 3 is 2.07 bits per heavy atom. The molecule has 0 unspecified atom stereocenters. The molecule has 4 saturated carbocycles. The SMILES string of the molecule is C/C=C(/C)C(=O)O[C@@H]1[C@@H](OC(=O)[C@H](C)CC)[C@@]2(CO)[C@@H](CC1(C)C)C1=CC[C@H]3[C@]4(C)CC[C@@H](O[C@H]5O[C@@H](C(=O)OC)[C@H](O)[C@@H](O[C@H]6OC[C@H](O)[C@@H](O)[C@@H]6O)[C@@H]5O)[C@@](C)(C(=O)OC)[C@H]4CC[C@]3(C)[C@]1(C)[C@H](O)[C@@H]2OC(C)=O. The number of carbonyl (C=O) groups is 5. The van der Waals surface area contributed by atoms with Crippen molar-refractivity contribution in [2.75, 3.05) is 27.4 Å². The van der Waals surface area contributed by atoms with Gasteiger partial charge in [0.1, 0.15) is 54.9 Å². The van der Waals surface area contributed by atoms with Crippen LogP contribution in [-0.4, -0.2) is 179 Å². The van der Waals surface area contributed by atoms with E-state index in [0.717, 1.165) is 12.7 Å². The summed E-state index contributed by atoms with van der Waals surface area (Å²) < 4.78 is 53.4. The average molecular weight is 1080 g/mol. The van der Waals surface area contributed by atoms with E-state index in [1.165, 1.54) is 14.0 Å². The fourth-order valence-corrected chi connectivity index (χ4v) is 15.4. The lowest BCUT2D eigenvalue weighted by Gasteiger charge is -2.73. The molecule has 7 rings (SSSR count). The summed E-state index contributed by atoms with van der Waals surface area (Å²) >= 11 is 0. The van der Waals surface area contributed by atoms with E-state index >= 15 is 0 Å². The van der Waals surface area contributed by atoms with Crippen molar-refractivity contribution in [1.82, 2.24) is 0 Å². The van der Waals surface area contributed by atoms with Gasteiger partial charge in [-0.05, 0) is 94.3 Å². The Labute approximate surface area is 444 Å². The topological polar surface area (TPSA) is 310 Å². The Morgan fingerprint density at radius 2 is 1.47 bits per heavy atom. The summed E-state index contributed by atoms with van der Waals surface area (Å²) in [4.78, 5) is 69.0. The van der Waals surface area contributed by atoms with Gasteiger partial charge in [0, 0.05) is 23.3 Å². The Hall–Kier alpha value is -3.61. The molecule has 2 saturated heterocycles. The maximum Gasteiger partial charge on any atom is 0.337 e. The van der Waals surface area contributed by atoms with Gasteiger partial charge in [-0.1, -0.05) is 66.2 Å². The van der Waals surface area contributed by atoms with Gasteiger partial charge in [-0.15, -0.1) is 0 Å². The van der Waals surface area contributed by atoms with Crippen LogP contribution >= 0.6 is 0 Å². The number of aliphatic hydroxyl groups excluding tert-OH is 7. The predicted octanol–water partition coefficient (Wildman–Crippen LogP) is 2.33. The molecule has 430 valence electrons. The maximum atomic E-state index is 14.6. The van der Waals surface area contributed by atoms with Crippen molar-refractivity contribution in [3.8, 4) is 0 Å². The minimum atomic E-state index is -1.92. The Morgan fingerprint density at radius 1 is 0.803 bits per heavy atom. The molecule has 21 nitrogen and oxygen atoms in total. The first kappa shape index (κ1) is 60.0. The second kappa shape index (κ2) is 21.8. The van der Waals surface area contributed by atoms with Gasteiger partial charge < -0.3 is 78.4 Å². The highest BCUT2D eigenvalue weighted by Gasteiger charge is 2.78. The van der Waals surface area contributed by atoms with Gasteiger partial charge in [-0.3, -0.25) is 14.4 Å². The molecule has 2 aliphatic heterocycles. The third kappa shape index (κ3) is 9.25. The molecule has 23 atom stereocenters. The number of esters is 5. The highest BCUT2D eigenvalue weighted by atomic mass is 16.7. The zero-order chi connectivity index (χ0) is 56.6. The number of rotatable bonds is 13. The fraction of sp³-hybridized carbons (Fsp3) is 0.836. The van der Waals surface area contributed by atoms with E-state index in [1.54, 1.807) is 33.8 Å². The van der Waals surface area contributed by atoms with Crippen molar-refractivity contribution in [2.24, 2.45) is 56.2 Å². The van der Waals surface area contributed by atoms with Crippen LogP contribution < -0.4 is 0 Å². The lowest BCUT2D eigenvalue weighted by molar-refractivity contribution is -0.357. The van der Waals surface area contributed by atoms with Crippen LogP contribution in [-0.2, 0) is 66.6 Å². The second-order valence-corrected chi connectivity index (χ2v) is 24.3. The van der Waals surface area contributed by atoms with E-state index in [1.807, 2.05) is 27.7 Å². The van der Waals surface area contributed by atoms with E-state index in [9.17, 15) is 59.7 Å². The van der Waals surface area contributed by atoms with Gasteiger partial charge in [-0.25, -0.2) is 9.59 Å². The molecule has 7 aliphatic rings. The molecular weight excluding hydrogens is 997 g/mol. The molecule has 21 heteroatoms. The number of ether oxygens (including phenoxy) is 9. The van der Waals surface area contributed by atoms with Crippen LogP contribution in [0.2, 0.25) is 0 Å². The van der Waals surface area contributed by atoms with E-state index < -0.39 is 179 Å². The van der Waals surface area contributed by atoms with Crippen molar-refractivity contribution in [3.05, 3.63) is 23.3 Å². The van der Waals surface area contributed by atoms with Gasteiger partial charge >= 0.3 is 29.8 Å². The van der Waals surface area contributed by atoms with Gasteiger partial charge in [0.25, 0.3) is 0 Å². The molecule has 0 aromatic rings. The highest BCUT2D eigenvalue weighted by molar-refractivity contribution is 5.88. The van der Waals surface area contributed by atoms with E-state index in [4.69, 9.17) is 42.6 Å². The molecule has 7 N–H and O–H groups in total. The molecule has 0 radical (unpaired) electrons. The van der Waals surface area contributed by atoms with E-state index in [2.05, 4.69) is 19.9 Å². The van der Waals surface area contributed by atoms with E-state index in [0.29, 0.717) is 37.7 Å². The van der Waals surface area contributed by atoms with Crippen LogP contribution in [0, 0.1) is 56.2 Å². The van der Waals surface area contributed by atoms with Gasteiger partial charge in [0.05, 0.1) is 50.3 Å². The molecule has 0 bridgehead atoms. The Bertz CT molecular complexity index is 2270. The zero-order valence-corrected chi connectivity index (χ0v) is 46.3. The minimum Gasteiger partial charge on any atom is -0.469 e.